The summed E-state index contributed by atoms with van der Waals surface area (Å²) in [6, 6.07) is 6.23. The van der Waals surface area contributed by atoms with Gasteiger partial charge in [-0.2, -0.15) is 5.26 Å². The third-order valence-corrected chi connectivity index (χ3v) is 6.15. The molecule has 124 valence electrons. The van der Waals surface area contributed by atoms with Gasteiger partial charge in [-0.1, -0.05) is 11.8 Å². The van der Waals surface area contributed by atoms with Crippen molar-refractivity contribution in [2.45, 2.75) is 44.2 Å². The Balaban J connectivity index is 1.60. The predicted molar refractivity (Wildman–Crippen MR) is 97.2 cm³/mol. The molecule has 6 heteroatoms. The molecule has 0 aromatic carbocycles. The zero-order chi connectivity index (χ0) is 16.9. The molecule has 0 fully saturated rings. The number of carbonyl (C=O) groups excluding carboxylic acids is 1. The number of pyridine rings is 1. The zero-order valence-corrected chi connectivity index (χ0v) is 15.2. The summed E-state index contributed by atoms with van der Waals surface area (Å²) >= 11 is 3.00. The molecule has 2 aromatic heterocycles. The van der Waals surface area contributed by atoms with E-state index in [1.165, 1.54) is 27.8 Å². The van der Waals surface area contributed by atoms with Crippen LogP contribution in [-0.2, 0) is 24.2 Å². The maximum Gasteiger partial charge on any atom is 0.230 e. The molecule has 1 aliphatic carbocycles. The average Bonchev–Trinajstić information content (AvgIpc) is 3.02. The maximum atomic E-state index is 12.1. The fourth-order valence-corrected chi connectivity index (χ4v) is 4.40. The van der Waals surface area contributed by atoms with Crippen LogP contribution in [0.2, 0.25) is 0 Å². The van der Waals surface area contributed by atoms with E-state index in [1.807, 2.05) is 18.4 Å². The minimum Gasteiger partial charge on any atom is -0.350 e. The monoisotopic (exact) mass is 357 g/mol. The van der Waals surface area contributed by atoms with E-state index in [0.717, 1.165) is 31.4 Å². The van der Waals surface area contributed by atoms with Gasteiger partial charge in [0.2, 0.25) is 5.91 Å². The first-order valence-corrected chi connectivity index (χ1v) is 9.89. The van der Waals surface area contributed by atoms with Gasteiger partial charge in [0.05, 0.1) is 17.9 Å². The molecule has 0 aliphatic heterocycles. The van der Waals surface area contributed by atoms with E-state index < -0.39 is 0 Å². The number of thioether (sulfide) groups is 1. The molecule has 0 saturated heterocycles. The van der Waals surface area contributed by atoms with Crippen molar-refractivity contribution in [3.8, 4) is 6.07 Å². The normalized spacial score (nSPS) is 13.2. The van der Waals surface area contributed by atoms with Crippen LogP contribution in [0.4, 0.5) is 0 Å². The molecule has 3 rings (SSSR count). The number of carbonyl (C=O) groups is 1. The SMILES string of the molecule is Cc1ccsc1CNC(=O)CSc1nc2c(cc1C#N)CCCC2. The zero-order valence-electron chi connectivity index (χ0n) is 13.6. The second-order valence-corrected chi connectivity index (χ2v) is 7.82. The highest BCUT2D eigenvalue weighted by Gasteiger charge is 2.16. The third-order valence-electron chi connectivity index (χ3n) is 4.14. The number of aromatic nitrogens is 1. The first-order valence-electron chi connectivity index (χ1n) is 8.02. The minimum atomic E-state index is -0.0313. The lowest BCUT2D eigenvalue weighted by Crippen LogP contribution is -2.24. The van der Waals surface area contributed by atoms with Crippen LogP contribution in [-0.4, -0.2) is 16.6 Å². The lowest BCUT2D eigenvalue weighted by Gasteiger charge is -2.16. The molecule has 1 aliphatic rings. The van der Waals surface area contributed by atoms with Crippen LogP contribution in [0, 0.1) is 18.3 Å². The molecular formula is C18H19N3OS2. The number of hydrogen-bond acceptors (Lipinski definition) is 5. The van der Waals surface area contributed by atoms with Gasteiger partial charge < -0.3 is 5.32 Å². The Kier molecular flexibility index (Phi) is 5.54. The standard InChI is InChI=1S/C18H19N3OS2/c1-12-6-7-23-16(12)10-20-17(22)11-24-18-14(9-19)8-13-4-2-3-5-15(13)21-18/h6-8H,2-5,10-11H2,1H3,(H,20,22). The van der Waals surface area contributed by atoms with Crippen molar-refractivity contribution < 1.29 is 4.79 Å². The van der Waals surface area contributed by atoms with E-state index in [2.05, 4.69) is 22.4 Å². The lowest BCUT2D eigenvalue weighted by atomic mass is 9.95. The maximum absolute atomic E-state index is 12.1. The quantitative estimate of drug-likeness (QED) is 0.830. The Hall–Kier alpha value is -1.84. The molecule has 0 radical (unpaired) electrons. The molecule has 2 heterocycles. The van der Waals surface area contributed by atoms with Crippen LogP contribution in [0.25, 0.3) is 0 Å². The summed E-state index contributed by atoms with van der Waals surface area (Å²) in [5, 5.41) is 15.0. The van der Waals surface area contributed by atoms with Crippen molar-refractivity contribution in [2.75, 3.05) is 5.75 Å². The lowest BCUT2D eigenvalue weighted by molar-refractivity contribution is -0.118. The van der Waals surface area contributed by atoms with Gasteiger partial charge in [-0.3, -0.25) is 4.79 Å². The van der Waals surface area contributed by atoms with Crippen LogP contribution in [0.15, 0.2) is 22.5 Å². The van der Waals surface area contributed by atoms with Crippen molar-refractivity contribution in [3.05, 3.63) is 44.8 Å². The van der Waals surface area contributed by atoms with Gasteiger partial charge in [0.15, 0.2) is 0 Å². The van der Waals surface area contributed by atoms with Crippen LogP contribution in [0.3, 0.4) is 0 Å². The number of rotatable bonds is 5. The number of amides is 1. The van der Waals surface area contributed by atoms with Crippen LogP contribution < -0.4 is 5.32 Å². The van der Waals surface area contributed by atoms with Crippen LogP contribution >= 0.6 is 23.1 Å². The van der Waals surface area contributed by atoms with Gasteiger partial charge in [-0.25, -0.2) is 4.98 Å². The van der Waals surface area contributed by atoms with Crippen molar-refractivity contribution in [2.24, 2.45) is 0 Å². The van der Waals surface area contributed by atoms with Crippen LogP contribution in [0.1, 0.15) is 40.1 Å². The molecule has 0 bridgehead atoms. The topological polar surface area (TPSA) is 65.8 Å². The van der Waals surface area contributed by atoms with Crippen molar-refractivity contribution in [1.82, 2.24) is 10.3 Å². The van der Waals surface area contributed by atoms with E-state index >= 15 is 0 Å². The Labute approximate surface area is 150 Å². The van der Waals surface area contributed by atoms with Gasteiger partial charge in [-0.05, 0) is 61.2 Å². The van der Waals surface area contributed by atoms with E-state index in [9.17, 15) is 10.1 Å². The summed E-state index contributed by atoms with van der Waals surface area (Å²) in [4.78, 5) is 17.9. The number of nitrogens with one attached hydrogen (secondary N) is 1. The number of thiophene rings is 1. The Morgan fingerprint density at radius 1 is 1.46 bits per heavy atom. The number of nitrogens with zero attached hydrogens (tertiary/aromatic N) is 2. The fraction of sp³-hybridized carbons (Fsp3) is 0.389. The molecule has 0 unspecified atom stereocenters. The smallest absolute Gasteiger partial charge is 0.230 e. The largest absolute Gasteiger partial charge is 0.350 e. The molecule has 2 aromatic rings. The summed E-state index contributed by atoms with van der Waals surface area (Å²) in [6.45, 7) is 2.61. The average molecular weight is 358 g/mol. The van der Waals surface area contributed by atoms with Gasteiger partial charge >= 0.3 is 0 Å². The first-order chi connectivity index (χ1) is 11.7. The molecule has 4 nitrogen and oxygen atoms in total. The Morgan fingerprint density at radius 2 is 2.29 bits per heavy atom. The molecule has 1 amide bonds. The predicted octanol–water partition coefficient (Wildman–Crippen LogP) is 3.61. The first kappa shape index (κ1) is 17.0. The number of hydrogen-bond donors (Lipinski definition) is 1. The van der Waals surface area contributed by atoms with Gasteiger partial charge in [0, 0.05) is 10.6 Å². The molecule has 0 atom stereocenters. The van der Waals surface area contributed by atoms with Gasteiger partial charge in [-0.15, -0.1) is 11.3 Å². The second kappa shape index (κ2) is 7.82. The van der Waals surface area contributed by atoms with Crippen LogP contribution in [0.5, 0.6) is 0 Å². The Bertz CT molecular complexity index is 792. The summed E-state index contributed by atoms with van der Waals surface area (Å²) in [5.41, 5.74) is 4.08. The molecule has 1 N–H and O–H groups in total. The highest BCUT2D eigenvalue weighted by atomic mass is 32.2. The fourth-order valence-electron chi connectivity index (χ4n) is 2.75. The van der Waals surface area contributed by atoms with E-state index in [-0.39, 0.29) is 11.7 Å². The molecular weight excluding hydrogens is 338 g/mol. The highest BCUT2D eigenvalue weighted by molar-refractivity contribution is 8.00. The van der Waals surface area contributed by atoms with E-state index in [0.29, 0.717) is 17.1 Å². The molecule has 24 heavy (non-hydrogen) atoms. The van der Waals surface area contributed by atoms with E-state index in [1.54, 1.807) is 11.3 Å². The van der Waals surface area contributed by atoms with Crippen molar-refractivity contribution >= 4 is 29.0 Å². The molecule has 0 saturated carbocycles. The summed E-state index contributed by atoms with van der Waals surface area (Å²) in [7, 11) is 0. The van der Waals surface area contributed by atoms with Crippen molar-refractivity contribution in [3.63, 3.8) is 0 Å². The summed E-state index contributed by atoms with van der Waals surface area (Å²) in [6.07, 6.45) is 4.29. The molecule has 0 spiro atoms. The second-order valence-electron chi connectivity index (χ2n) is 5.86. The van der Waals surface area contributed by atoms with E-state index in [4.69, 9.17) is 0 Å². The number of nitriles is 1. The number of fused-ring (bicyclic) bond motifs is 1. The van der Waals surface area contributed by atoms with Gasteiger partial charge in [0.25, 0.3) is 0 Å². The summed E-state index contributed by atoms with van der Waals surface area (Å²) in [5.74, 6) is 0.251. The third kappa shape index (κ3) is 3.97. The number of aryl methyl sites for hydroxylation is 3. The summed E-state index contributed by atoms with van der Waals surface area (Å²) < 4.78 is 0. The van der Waals surface area contributed by atoms with Crippen molar-refractivity contribution in [1.29, 1.82) is 5.26 Å². The highest BCUT2D eigenvalue weighted by Crippen LogP contribution is 2.27. The Morgan fingerprint density at radius 3 is 3.04 bits per heavy atom. The minimum absolute atomic E-state index is 0.0313. The van der Waals surface area contributed by atoms with Gasteiger partial charge in [0.1, 0.15) is 11.1 Å².